The second kappa shape index (κ2) is 9.06. The van der Waals surface area contributed by atoms with Crippen molar-refractivity contribution >= 4 is 29.2 Å². The fourth-order valence-electron chi connectivity index (χ4n) is 3.10. The topological polar surface area (TPSA) is 61.8 Å². The number of hydrogen-bond donors (Lipinski definition) is 0. The second-order valence-corrected chi connectivity index (χ2v) is 7.25. The first-order valence-corrected chi connectivity index (χ1v) is 10.1. The van der Waals surface area contributed by atoms with Crippen LogP contribution in [0.5, 0.6) is 17.2 Å². The number of ketones is 2. The third-order valence-electron chi connectivity index (χ3n) is 4.67. The minimum Gasteiger partial charge on any atom is -0.494 e. The molecule has 0 N–H and O–H groups in total. The number of Topliss-reactive ketones (excluding diaryl/α,β-unsaturated/α-hetero) is 2. The molecule has 3 aromatic carbocycles. The van der Waals surface area contributed by atoms with Gasteiger partial charge in [-0.15, -0.1) is 0 Å². The van der Waals surface area contributed by atoms with Crippen molar-refractivity contribution in [1.82, 2.24) is 0 Å². The van der Waals surface area contributed by atoms with Gasteiger partial charge in [0.05, 0.1) is 12.2 Å². The molecule has 1 aliphatic heterocycles. The summed E-state index contributed by atoms with van der Waals surface area (Å²) in [4.78, 5) is 24.9. The van der Waals surface area contributed by atoms with E-state index in [-0.39, 0.29) is 23.9 Å². The number of halogens is 1. The minimum absolute atomic E-state index is 0.136. The zero-order valence-corrected chi connectivity index (χ0v) is 17.5. The predicted molar refractivity (Wildman–Crippen MR) is 118 cm³/mol. The summed E-state index contributed by atoms with van der Waals surface area (Å²) >= 11 is 5.84. The Balaban J connectivity index is 1.44. The van der Waals surface area contributed by atoms with Crippen LogP contribution in [0.2, 0.25) is 5.02 Å². The summed E-state index contributed by atoms with van der Waals surface area (Å²) in [6.45, 7) is 2.37. The van der Waals surface area contributed by atoms with E-state index >= 15 is 0 Å². The van der Waals surface area contributed by atoms with Gasteiger partial charge < -0.3 is 14.2 Å². The van der Waals surface area contributed by atoms with E-state index in [2.05, 4.69) is 0 Å². The average Bonchev–Trinajstić information content (AvgIpc) is 3.08. The highest BCUT2D eigenvalue weighted by Gasteiger charge is 2.27. The van der Waals surface area contributed by atoms with Gasteiger partial charge in [-0.3, -0.25) is 9.59 Å². The maximum Gasteiger partial charge on any atom is 0.231 e. The van der Waals surface area contributed by atoms with Crippen LogP contribution in [0.25, 0.3) is 6.08 Å². The van der Waals surface area contributed by atoms with E-state index in [0.29, 0.717) is 34.3 Å². The fraction of sp³-hybridized carbons (Fsp3) is 0.120. The SMILES string of the molecule is CCOc1ccc(C=C2Oc3cc(OCC(=O)c4ccc(Cl)cc4)ccc3C2=O)cc1. The Bertz CT molecular complexity index is 1150. The third-order valence-corrected chi connectivity index (χ3v) is 4.92. The van der Waals surface area contributed by atoms with Gasteiger partial charge in [-0.05, 0) is 67.1 Å². The molecule has 3 aromatic rings. The lowest BCUT2D eigenvalue weighted by atomic mass is 10.1. The molecule has 1 heterocycles. The van der Waals surface area contributed by atoms with E-state index in [1.807, 2.05) is 31.2 Å². The maximum atomic E-state index is 12.6. The molecule has 1 aliphatic rings. The Labute approximate surface area is 184 Å². The van der Waals surface area contributed by atoms with Gasteiger partial charge >= 0.3 is 0 Å². The number of benzene rings is 3. The van der Waals surface area contributed by atoms with Crippen molar-refractivity contribution in [3.8, 4) is 17.2 Å². The lowest BCUT2D eigenvalue weighted by Gasteiger charge is -2.07. The number of fused-ring (bicyclic) bond motifs is 1. The van der Waals surface area contributed by atoms with E-state index in [4.69, 9.17) is 25.8 Å². The molecule has 0 atom stereocenters. The van der Waals surface area contributed by atoms with Gasteiger partial charge in [0.15, 0.2) is 18.1 Å². The fourth-order valence-corrected chi connectivity index (χ4v) is 3.23. The van der Waals surface area contributed by atoms with E-state index < -0.39 is 0 Å². The van der Waals surface area contributed by atoms with Crippen LogP contribution in [0.3, 0.4) is 0 Å². The smallest absolute Gasteiger partial charge is 0.231 e. The zero-order valence-electron chi connectivity index (χ0n) is 16.8. The normalized spacial score (nSPS) is 13.6. The molecule has 6 heteroatoms. The third kappa shape index (κ3) is 4.78. The summed E-state index contributed by atoms with van der Waals surface area (Å²) in [6.07, 6.45) is 1.68. The predicted octanol–water partition coefficient (Wildman–Crippen LogP) is 5.62. The summed E-state index contributed by atoms with van der Waals surface area (Å²) < 4.78 is 16.8. The Morgan fingerprint density at radius 2 is 1.68 bits per heavy atom. The molecule has 0 fully saturated rings. The van der Waals surface area contributed by atoms with Crippen LogP contribution in [-0.4, -0.2) is 24.8 Å². The number of ether oxygens (including phenoxy) is 3. The number of carbonyl (C=O) groups excluding carboxylic acids is 2. The van der Waals surface area contributed by atoms with E-state index in [1.165, 1.54) is 0 Å². The first kappa shape index (κ1) is 20.7. The Morgan fingerprint density at radius 1 is 0.968 bits per heavy atom. The van der Waals surface area contributed by atoms with Crippen molar-refractivity contribution in [1.29, 1.82) is 0 Å². The molecule has 31 heavy (non-hydrogen) atoms. The maximum absolute atomic E-state index is 12.6. The molecule has 5 nitrogen and oxygen atoms in total. The average molecular weight is 435 g/mol. The van der Waals surface area contributed by atoms with Gasteiger partial charge in [0.1, 0.15) is 17.2 Å². The van der Waals surface area contributed by atoms with Gasteiger partial charge in [-0.25, -0.2) is 0 Å². The van der Waals surface area contributed by atoms with E-state index in [9.17, 15) is 9.59 Å². The molecule has 0 radical (unpaired) electrons. The van der Waals surface area contributed by atoms with Gasteiger partial charge in [0.2, 0.25) is 5.78 Å². The molecular formula is C25H19ClO5. The van der Waals surface area contributed by atoms with Crippen molar-refractivity contribution < 1.29 is 23.8 Å². The first-order chi connectivity index (χ1) is 15.0. The highest BCUT2D eigenvalue weighted by Crippen LogP contribution is 2.35. The van der Waals surface area contributed by atoms with Crippen LogP contribution in [0.1, 0.15) is 33.2 Å². The number of rotatable bonds is 7. The van der Waals surface area contributed by atoms with Crippen LogP contribution in [0, 0.1) is 0 Å². The summed E-state index contributed by atoms with van der Waals surface area (Å²) in [5.41, 5.74) is 1.79. The second-order valence-electron chi connectivity index (χ2n) is 6.82. The molecular weight excluding hydrogens is 416 g/mol. The molecule has 0 amide bonds. The van der Waals surface area contributed by atoms with Crippen LogP contribution in [-0.2, 0) is 0 Å². The number of carbonyl (C=O) groups is 2. The van der Waals surface area contributed by atoms with Crippen molar-refractivity contribution in [3.05, 3.63) is 94.2 Å². The standard InChI is InChI=1S/C25H19ClO5/c1-2-29-19-9-3-16(4-10-19)13-24-25(28)21-12-11-20(14-23(21)31-24)30-15-22(27)17-5-7-18(26)8-6-17/h3-14H,2,15H2,1H3. The lowest BCUT2D eigenvalue weighted by molar-refractivity contribution is 0.0921. The van der Waals surface area contributed by atoms with Gasteiger partial charge in [-0.1, -0.05) is 23.7 Å². The monoisotopic (exact) mass is 434 g/mol. The van der Waals surface area contributed by atoms with Crippen molar-refractivity contribution in [3.63, 3.8) is 0 Å². The number of hydrogen-bond acceptors (Lipinski definition) is 5. The van der Waals surface area contributed by atoms with Crippen molar-refractivity contribution in [2.24, 2.45) is 0 Å². The van der Waals surface area contributed by atoms with Crippen LogP contribution >= 0.6 is 11.6 Å². The number of allylic oxidation sites excluding steroid dienone is 1. The molecule has 0 bridgehead atoms. The lowest BCUT2D eigenvalue weighted by Crippen LogP contribution is -2.11. The van der Waals surface area contributed by atoms with Crippen molar-refractivity contribution in [2.75, 3.05) is 13.2 Å². The largest absolute Gasteiger partial charge is 0.494 e. The molecule has 4 rings (SSSR count). The summed E-state index contributed by atoms with van der Waals surface area (Å²) in [5.74, 6) is 1.46. The Kier molecular flexibility index (Phi) is 6.05. The van der Waals surface area contributed by atoms with Gasteiger partial charge in [-0.2, -0.15) is 0 Å². The molecule has 0 aliphatic carbocycles. The molecule has 0 saturated carbocycles. The summed E-state index contributed by atoms with van der Waals surface area (Å²) in [6, 6.07) is 18.9. The Morgan fingerprint density at radius 3 is 2.39 bits per heavy atom. The highest BCUT2D eigenvalue weighted by molar-refractivity contribution is 6.30. The van der Waals surface area contributed by atoms with Gasteiger partial charge in [0.25, 0.3) is 0 Å². The van der Waals surface area contributed by atoms with Crippen LogP contribution < -0.4 is 14.2 Å². The van der Waals surface area contributed by atoms with E-state index in [0.717, 1.165) is 11.3 Å². The summed E-state index contributed by atoms with van der Waals surface area (Å²) in [5, 5.41) is 0.562. The first-order valence-electron chi connectivity index (χ1n) is 9.76. The molecule has 0 spiro atoms. The molecule has 156 valence electrons. The molecule has 0 aromatic heterocycles. The van der Waals surface area contributed by atoms with Crippen molar-refractivity contribution in [2.45, 2.75) is 6.92 Å². The Hall–Kier alpha value is -3.57. The van der Waals surface area contributed by atoms with Gasteiger partial charge in [0, 0.05) is 16.7 Å². The molecule has 0 unspecified atom stereocenters. The van der Waals surface area contributed by atoms with Crippen LogP contribution in [0.4, 0.5) is 0 Å². The molecule has 0 saturated heterocycles. The summed E-state index contributed by atoms with van der Waals surface area (Å²) in [7, 11) is 0. The highest BCUT2D eigenvalue weighted by atomic mass is 35.5. The minimum atomic E-state index is -0.201. The van der Waals surface area contributed by atoms with Crippen LogP contribution in [0.15, 0.2) is 72.5 Å². The zero-order chi connectivity index (χ0) is 21.8. The quantitative estimate of drug-likeness (QED) is 0.357. The van der Waals surface area contributed by atoms with E-state index in [1.54, 1.807) is 48.5 Å².